The number of nitrogens with zero attached hydrogens (tertiary/aromatic N) is 2. The molecule has 4 amide bonds. The van der Waals surface area contributed by atoms with Crippen molar-refractivity contribution in [3.05, 3.63) is 29.3 Å². The Morgan fingerprint density at radius 1 is 1.23 bits per heavy atom. The first kappa shape index (κ1) is 22.9. The first-order valence-corrected chi connectivity index (χ1v) is 11.3. The Balaban J connectivity index is 1.44. The highest BCUT2D eigenvalue weighted by Crippen LogP contribution is 2.25. The second kappa shape index (κ2) is 11.0. The van der Waals surface area contributed by atoms with E-state index in [0.717, 1.165) is 36.3 Å². The summed E-state index contributed by atoms with van der Waals surface area (Å²) in [6, 6.07) is 5.93. The van der Waals surface area contributed by atoms with Gasteiger partial charge in [0.05, 0.1) is 13.1 Å². The zero-order valence-electron chi connectivity index (χ0n) is 18.6. The molecule has 0 unspecified atom stereocenters. The molecule has 1 aromatic carbocycles. The topological polar surface area (TPSA) is 91.0 Å². The average Bonchev–Trinajstić information content (AvgIpc) is 3.01. The largest absolute Gasteiger partial charge is 0.491 e. The Morgan fingerprint density at radius 2 is 2.06 bits per heavy atom. The van der Waals surface area contributed by atoms with Crippen molar-refractivity contribution in [3.8, 4) is 5.75 Å². The Labute approximate surface area is 184 Å². The number of ether oxygens (including phenoxy) is 1. The molecular formula is C23H34N4O4. The number of benzene rings is 1. The molecule has 0 atom stereocenters. The Hall–Kier alpha value is -2.77. The minimum absolute atomic E-state index is 0.0110. The maximum absolute atomic E-state index is 12.4. The van der Waals surface area contributed by atoms with Crippen LogP contribution in [0, 0.1) is 0 Å². The van der Waals surface area contributed by atoms with Gasteiger partial charge in [-0.05, 0) is 44.7 Å². The summed E-state index contributed by atoms with van der Waals surface area (Å²) in [5.74, 6) is 1.03. The van der Waals surface area contributed by atoms with E-state index in [1.54, 1.807) is 4.90 Å². The third-order valence-corrected chi connectivity index (χ3v) is 5.54. The fraction of sp³-hybridized carbons (Fsp3) is 0.609. The maximum atomic E-state index is 12.4. The van der Waals surface area contributed by atoms with Crippen LogP contribution in [0.3, 0.4) is 0 Å². The van der Waals surface area contributed by atoms with Gasteiger partial charge in [-0.1, -0.05) is 12.1 Å². The Bertz CT molecular complexity index is 796. The van der Waals surface area contributed by atoms with Gasteiger partial charge in [0, 0.05) is 44.1 Å². The third-order valence-electron chi connectivity index (χ3n) is 5.54. The second-order valence-electron chi connectivity index (χ2n) is 8.50. The number of likely N-dealkylation sites (tertiary alicyclic amines) is 1. The predicted octanol–water partition coefficient (Wildman–Crippen LogP) is 2.06. The highest BCUT2D eigenvalue weighted by Gasteiger charge is 2.21. The summed E-state index contributed by atoms with van der Waals surface area (Å²) in [7, 11) is 0. The van der Waals surface area contributed by atoms with Crippen molar-refractivity contribution < 1.29 is 19.1 Å². The summed E-state index contributed by atoms with van der Waals surface area (Å²) in [6.07, 6.45) is 3.40. The molecule has 3 rings (SSSR count). The predicted molar refractivity (Wildman–Crippen MR) is 118 cm³/mol. The van der Waals surface area contributed by atoms with Gasteiger partial charge in [0.25, 0.3) is 0 Å². The van der Waals surface area contributed by atoms with Crippen LogP contribution in [0.5, 0.6) is 5.75 Å². The fourth-order valence-electron chi connectivity index (χ4n) is 3.90. The molecule has 8 nitrogen and oxygen atoms in total. The van der Waals surface area contributed by atoms with Gasteiger partial charge in [-0.25, -0.2) is 4.79 Å². The molecule has 170 valence electrons. The fourth-order valence-corrected chi connectivity index (χ4v) is 3.90. The lowest BCUT2D eigenvalue weighted by Gasteiger charge is -2.22. The lowest BCUT2D eigenvalue weighted by molar-refractivity contribution is -0.127. The molecule has 0 aromatic heterocycles. The minimum atomic E-state index is -0.0909. The van der Waals surface area contributed by atoms with Crippen LogP contribution in [0.25, 0.3) is 0 Å². The van der Waals surface area contributed by atoms with Gasteiger partial charge < -0.3 is 25.2 Å². The molecule has 2 heterocycles. The van der Waals surface area contributed by atoms with Crippen molar-refractivity contribution in [1.29, 1.82) is 0 Å². The van der Waals surface area contributed by atoms with Crippen LogP contribution >= 0.6 is 0 Å². The first-order valence-electron chi connectivity index (χ1n) is 11.3. The SMILES string of the molecule is CC(C)NC(=O)N1CCOc2ccc(CCC(=O)NCCCN3CCCC3=O)cc2C1. The van der Waals surface area contributed by atoms with E-state index in [-0.39, 0.29) is 23.9 Å². The summed E-state index contributed by atoms with van der Waals surface area (Å²) in [5.41, 5.74) is 2.01. The summed E-state index contributed by atoms with van der Waals surface area (Å²) in [4.78, 5) is 39.8. The van der Waals surface area contributed by atoms with E-state index in [9.17, 15) is 14.4 Å². The number of urea groups is 1. The molecule has 0 spiro atoms. The lowest BCUT2D eigenvalue weighted by Crippen LogP contribution is -2.43. The number of aryl methyl sites for hydroxylation is 1. The van der Waals surface area contributed by atoms with Gasteiger partial charge in [0.2, 0.25) is 11.8 Å². The number of rotatable bonds is 8. The van der Waals surface area contributed by atoms with Crippen LogP contribution in [-0.2, 0) is 22.6 Å². The summed E-state index contributed by atoms with van der Waals surface area (Å²) >= 11 is 0. The maximum Gasteiger partial charge on any atom is 0.318 e. The standard InChI is InChI=1S/C23H34N4O4/c1-17(2)25-23(30)27-13-14-31-20-8-6-18(15-19(20)16-27)7-9-21(28)24-10-4-12-26-11-3-5-22(26)29/h6,8,15,17H,3-5,7,9-14,16H2,1-2H3,(H,24,28)(H,25,30). The van der Waals surface area contributed by atoms with E-state index in [0.29, 0.717) is 52.0 Å². The Kier molecular flexibility index (Phi) is 8.14. The highest BCUT2D eigenvalue weighted by atomic mass is 16.5. The number of hydrogen-bond acceptors (Lipinski definition) is 4. The minimum Gasteiger partial charge on any atom is -0.491 e. The second-order valence-corrected chi connectivity index (χ2v) is 8.50. The molecule has 1 fully saturated rings. The molecule has 0 radical (unpaired) electrons. The molecule has 8 heteroatoms. The van der Waals surface area contributed by atoms with E-state index in [1.807, 2.05) is 36.9 Å². The Morgan fingerprint density at radius 3 is 2.81 bits per heavy atom. The molecule has 0 bridgehead atoms. The molecule has 2 aliphatic heterocycles. The molecule has 1 saturated heterocycles. The lowest BCUT2D eigenvalue weighted by atomic mass is 10.0. The molecular weight excluding hydrogens is 396 g/mol. The van der Waals surface area contributed by atoms with Crippen LogP contribution in [-0.4, -0.2) is 66.5 Å². The van der Waals surface area contributed by atoms with Gasteiger partial charge >= 0.3 is 6.03 Å². The van der Waals surface area contributed by atoms with E-state index in [4.69, 9.17) is 4.74 Å². The normalized spacial score (nSPS) is 16.0. The third kappa shape index (κ3) is 6.87. The molecule has 1 aromatic rings. The van der Waals surface area contributed by atoms with Crippen LogP contribution in [0.1, 0.15) is 50.7 Å². The molecule has 0 saturated carbocycles. The van der Waals surface area contributed by atoms with Gasteiger partial charge in [-0.2, -0.15) is 0 Å². The van der Waals surface area contributed by atoms with Crippen molar-refractivity contribution in [1.82, 2.24) is 20.4 Å². The van der Waals surface area contributed by atoms with E-state index in [1.165, 1.54) is 0 Å². The highest BCUT2D eigenvalue weighted by molar-refractivity contribution is 5.78. The van der Waals surface area contributed by atoms with E-state index in [2.05, 4.69) is 10.6 Å². The van der Waals surface area contributed by atoms with Crippen LogP contribution in [0.4, 0.5) is 4.79 Å². The molecule has 0 aliphatic carbocycles. The van der Waals surface area contributed by atoms with Crippen LogP contribution in [0.15, 0.2) is 18.2 Å². The number of nitrogens with one attached hydrogen (secondary N) is 2. The van der Waals surface area contributed by atoms with Gasteiger partial charge in [0.15, 0.2) is 0 Å². The van der Waals surface area contributed by atoms with E-state index < -0.39 is 0 Å². The van der Waals surface area contributed by atoms with Crippen molar-refractivity contribution in [2.45, 2.75) is 58.5 Å². The number of fused-ring (bicyclic) bond motifs is 1. The molecule has 2 aliphatic rings. The number of hydrogen-bond donors (Lipinski definition) is 2. The van der Waals surface area contributed by atoms with Gasteiger partial charge in [-0.3, -0.25) is 9.59 Å². The van der Waals surface area contributed by atoms with E-state index >= 15 is 0 Å². The van der Waals surface area contributed by atoms with Crippen LogP contribution in [0.2, 0.25) is 0 Å². The summed E-state index contributed by atoms with van der Waals surface area (Å²) in [5, 5.41) is 5.87. The smallest absolute Gasteiger partial charge is 0.318 e. The quantitative estimate of drug-likeness (QED) is 0.618. The van der Waals surface area contributed by atoms with Crippen LogP contribution < -0.4 is 15.4 Å². The average molecular weight is 431 g/mol. The van der Waals surface area contributed by atoms with Crippen molar-refractivity contribution in [3.63, 3.8) is 0 Å². The number of amides is 4. The van der Waals surface area contributed by atoms with Gasteiger partial charge in [-0.15, -0.1) is 0 Å². The molecule has 2 N–H and O–H groups in total. The van der Waals surface area contributed by atoms with Crippen molar-refractivity contribution in [2.75, 3.05) is 32.8 Å². The zero-order chi connectivity index (χ0) is 22.2. The molecule has 31 heavy (non-hydrogen) atoms. The monoisotopic (exact) mass is 430 g/mol. The zero-order valence-corrected chi connectivity index (χ0v) is 18.6. The summed E-state index contributed by atoms with van der Waals surface area (Å²) < 4.78 is 5.80. The summed E-state index contributed by atoms with van der Waals surface area (Å²) in [6.45, 7) is 7.50. The number of carbonyl (C=O) groups excluding carboxylic acids is 3. The van der Waals surface area contributed by atoms with Crippen molar-refractivity contribution >= 4 is 17.8 Å². The van der Waals surface area contributed by atoms with Gasteiger partial charge in [0.1, 0.15) is 12.4 Å². The number of carbonyl (C=O) groups is 3. The van der Waals surface area contributed by atoms with Crippen molar-refractivity contribution in [2.24, 2.45) is 0 Å². The first-order chi connectivity index (χ1) is 14.9.